The van der Waals surface area contributed by atoms with Gasteiger partial charge in [0.05, 0.1) is 25.4 Å². The molecule has 4 N–H and O–H groups in total. The molecule has 144 valence electrons. The fraction of sp³-hybridized carbons (Fsp3) is 0.526. The molecule has 0 bridgehead atoms. The summed E-state index contributed by atoms with van der Waals surface area (Å²) in [4.78, 5) is 12.5. The number of cyclic esters (lactones) is 1. The summed E-state index contributed by atoms with van der Waals surface area (Å²) >= 11 is 0. The van der Waals surface area contributed by atoms with E-state index < -0.39 is 30.4 Å². The van der Waals surface area contributed by atoms with E-state index in [1.165, 1.54) is 19.3 Å². The Morgan fingerprint density at radius 3 is 2.58 bits per heavy atom. The molecule has 0 aromatic heterocycles. The molecule has 26 heavy (non-hydrogen) atoms. The van der Waals surface area contributed by atoms with Crippen LogP contribution in [0.3, 0.4) is 0 Å². The van der Waals surface area contributed by atoms with Crippen molar-refractivity contribution in [2.75, 3.05) is 7.11 Å². The number of aromatic hydroxyl groups is 1. The average Bonchev–Trinajstić information content (AvgIpc) is 2.59. The SMILES string of the molecule is COc1cc(O)c2c(c1)/C=C/C[C@H](O)[C@H](O)[C@@H](O)CCC[C@H](C)OC2=O. The third-order valence-corrected chi connectivity index (χ3v) is 4.44. The van der Waals surface area contributed by atoms with E-state index in [2.05, 4.69) is 0 Å². The number of carbonyl (C=O) groups is 1. The van der Waals surface area contributed by atoms with Crippen LogP contribution in [0.5, 0.6) is 11.5 Å². The molecule has 1 aliphatic rings. The Morgan fingerprint density at radius 2 is 1.88 bits per heavy atom. The van der Waals surface area contributed by atoms with Gasteiger partial charge in [-0.2, -0.15) is 0 Å². The predicted octanol–water partition coefficient (Wildman–Crippen LogP) is 1.62. The summed E-state index contributed by atoms with van der Waals surface area (Å²) in [6, 6.07) is 2.90. The van der Waals surface area contributed by atoms with Crippen molar-refractivity contribution < 1.29 is 34.7 Å². The maximum absolute atomic E-state index is 12.5. The van der Waals surface area contributed by atoms with Gasteiger partial charge >= 0.3 is 5.97 Å². The number of hydrogen-bond donors (Lipinski definition) is 4. The third kappa shape index (κ3) is 4.97. The lowest BCUT2D eigenvalue weighted by Crippen LogP contribution is -2.37. The van der Waals surface area contributed by atoms with E-state index in [0.717, 1.165) is 0 Å². The van der Waals surface area contributed by atoms with Gasteiger partial charge in [0.1, 0.15) is 23.2 Å². The molecule has 0 spiro atoms. The predicted molar refractivity (Wildman–Crippen MR) is 95.1 cm³/mol. The molecule has 0 saturated carbocycles. The summed E-state index contributed by atoms with van der Waals surface area (Å²) in [6.45, 7) is 1.72. The van der Waals surface area contributed by atoms with E-state index in [-0.39, 0.29) is 24.2 Å². The third-order valence-electron chi connectivity index (χ3n) is 4.44. The highest BCUT2D eigenvalue weighted by atomic mass is 16.5. The maximum Gasteiger partial charge on any atom is 0.342 e. The van der Waals surface area contributed by atoms with Crippen LogP contribution in [0.15, 0.2) is 18.2 Å². The number of methoxy groups -OCH3 is 1. The van der Waals surface area contributed by atoms with E-state index in [9.17, 15) is 25.2 Å². The zero-order valence-electron chi connectivity index (χ0n) is 15.0. The number of fused-ring (bicyclic) bond motifs is 1. The Bertz CT molecular complexity index is 656. The van der Waals surface area contributed by atoms with Crippen molar-refractivity contribution in [2.24, 2.45) is 0 Å². The van der Waals surface area contributed by atoms with Crippen LogP contribution >= 0.6 is 0 Å². The summed E-state index contributed by atoms with van der Waals surface area (Å²) in [5.41, 5.74) is 0.388. The molecule has 1 aromatic carbocycles. The molecule has 1 aromatic rings. The van der Waals surface area contributed by atoms with Gasteiger partial charge in [0, 0.05) is 6.07 Å². The fourth-order valence-electron chi connectivity index (χ4n) is 2.91. The first-order valence-electron chi connectivity index (χ1n) is 8.66. The van der Waals surface area contributed by atoms with Gasteiger partial charge in [-0.3, -0.25) is 0 Å². The largest absolute Gasteiger partial charge is 0.507 e. The number of benzene rings is 1. The average molecular weight is 366 g/mol. The standard InChI is InChI=1S/C19H26O7/c1-11-5-3-7-14(20)18(23)15(21)8-4-6-12-9-13(25-2)10-16(22)17(12)19(24)26-11/h4,6,9-11,14-15,18,20-23H,3,5,7-8H2,1-2H3/b6-4+/t11-,14-,15-,18+/m0/s1. The van der Waals surface area contributed by atoms with E-state index in [1.807, 2.05) is 0 Å². The number of phenolic OH excluding ortho intramolecular Hbond substituents is 1. The molecule has 0 amide bonds. The van der Waals surface area contributed by atoms with Crippen LogP contribution in [-0.4, -0.2) is 57.9 Å². The number of hydrogen-bond acceptors (Lipinski definition) is 7. The van der Waals surface area contributed by atoms with E-state index in [0.29, 0.717) is 24.2 Å². The van der Waals surface area contributed by atoms with E-state index in [1.54, 1.807) is 19.1 Å². The molecule has 0 radical (unpaired) electrons. The van der Waals surface area contributed by atoms with Gasteiger partial charge in [0.25, 0.3) is 0 Å². The monoisotopic (exact) mass is 366 g/mol. The Hall–Kier alpha value is -2.09. The lowest BCUT2D eigenvalue weighted by atomic mass is 9.98. The lowest BCUT2D eigenvalue weighted by Gasteiger charge is -2.23. The molecule has 1 aliphatic heterocycles. The van der Waals surface area contributed by atoms with Crippen LogP contribution in [0.2, 0.25) is 0 Å². The molecule has 7 heteroatoms. The molecule has 4 atom stereocenters. The molecule has 2 rings (SSSR count). The van der Waals surface area contributed by atoms with Crippen LogP contribution in [0.1, 0.15) is 48.5 Å². The van der Waals surface area contributed by atoms with Crippen molar-refractivity contribution in [3.63, 3.8) is 0 Å². The first kappa shape index (κ1) is 20.2. The highest BCUT2D eigenvalue weighted by Gasteiger charge is 2.25. The number of ether oxygens (including phenoxy) is 2. The summed E-state index contributed by atoms with van der Waals surface area (Å²) < 4.78 is 10.5. The Morgan fingerprint density at radius 1 is 1.15 bits per heavy atom. The summed E-state index contributed by atoms with van der Waals surface area (Å²) in [6.07, 6.45) is 0.542. The van der Waals surface area contributed by atoms with Gasteiger partial charge < -0.3 is 29.9 Å². The van der Waals surface area contributed by atoms with E-state index >= 15 is 0 Å². The second-order valence-corrected chi connectivity index (χ2v) is 6.52. The molecular weight excluding hydrogens is 340 g/mol. The summed E-state index contributed by atoms with van der Waals surface area (Å²) in [7, 11) is 1.44. The van der Waals surface area contributed by atoms with Crippen LogP contribution in [0.25, 0.3) is 6.08 Å². The minimum Gasteiger partial charge on any atom is -0.507 e. The number of carbonyl (C=O) groups excluding carboxylic acids is 1. The van der Waals surface area contributed by atoms with Gasteiger partial charge in [-0.05, 0) is 44.2 Å². The number of esters is 1. The van der Waals surface area contributed by atoms with Crippen LogP contribution < -0.4 is 4.74 Å². The number of phenols is 1. The van der Waals surface area contributed by atoms with Gasteiger partial charge in [-0.1, -0.05) is 12.2 Å². The van der Waals surface area contributed by atoms with Crippen molar-refractivity contribution in [3.05, 3.63) is 29.3 Å². The number of aliphatic hydroxyl groups excluding tert-OH is 3. The van der Waals surface area contributed by atoms with Crippen molar-refractivity contribution in [1.29, 1.82) is 0 Å². The normalized spacial score (nSPS) is 29.2. The zero-order valence-corrected chi connectivity index (χ0v) is 15.0. The molecule has 0 fully saturated rings. The quantitative estimate of drug-likeness (QED) is 0.558. The van der Waals surface area contributed by atoms with Crippen LogP contribution in [0.4, 0.5) is 0 Å². The van der Waals surface area contributed by atoms with Gasteiger partial charge in [-0.15, -0.1) is 0 Å². The smallest absolute Gasteiger partial charge is 0.342 e. The Balaban J connectivity index is 2.40. The van der Waals surface area contributed by atoms with E-state index in [4.69, 9.17) is 9.47 Å². The highest BCUT2D eigenvalue weighted by molar-refractivity contribution is 5.97. The lowest BCUT2D eigenvalue weighted by molar-refractivity contribution is -0.0613. The molecule has 7 nitrogen and oxygen atoms in total. The molecule has 0 aliphatic carbocycles. The van der Waals surface area contributed by atoms with Crippen LogP contribution in [-0.2, 0) is 4.74 Å². The topological polar surface area (TPSA) is 116 Å². The number of aliphatic hydroxyl groups is 3. The Labute approximate surface area is 152 Å². The molecule has 1 heterocycles. The van der Waals surface area contributed by atoms with Gasteiger partial charge in [-0.25, -0.2) is 4.79 Å². The molecular formula is C19H26O7. The second kappa shape index (κ2) is 9.02. The summed E-state index contributed by atoms with van der Waals surface area (Å²) in [5.74, 6) is -0.552. The van der Waals surface area contributed by atoms with Crippen LogP contribution in [0, 0.1) is 0 Å². The van der Waals surface area contributed by atoms with Gasteiger partial charge in [0.2, 0.25) is 0 Å². The first-order chi connectivity index (χ1) is 12.3. The summed E-state index contributed by atoms with van der Waals surface area (Å²) in [5, 5.41) is 40.2. The maximum atomic E-state index is 12.5. The second-order valence-electron chi connectivity index (χ2n) is 6.52. The minimum atomic E-state index is -1.27. The van der Waals surface area contributed by atoms with Crippen molar-refractivity contribution in [1.82, 2.24) is 0 Å². The zero-order chi connectivity index (χ0) is 19.3. The van der Waals surface area contributed by atoms with Crippen molar-refractivity contribution in [2.45, 2.75) is 57.0 Å². The fourth-order valence-corrected chi connectivity index (χ4v) is 2.91. The number of rotatable bonds is 1. The van der Waals surface area contributed by atoms with Crippen molar-refractivity contribution >= 4 is 12.0 Å². The molecule has 0 unspecified atom stereocenters. The first-order valence-corrected chi connectivity index (χ1v) is 8.66. The minimum absolute atomic E-state index is 0.0148. The Kier molecular flexibility index (Phi) is 7.02. The van der Waals surface area contributed by atoms with Crippen molar-refractivity contribution in [3.8, 4) is 11.5 Å². The van der Waals surface area contributed by atoms with Gasteiger partial charge in [0.15, 0.2) is 0 Å². The highest BCUT2D eigenvalue weighted by Crippen LogP contribution is 2.30. The molecule has 0 saturated heterocycles.